The lowest BCUT2D eigenvalue weighted by Gasteiger charge is -2.19. The number of carbonyl (C=O) groups is 2. The monoisotopic (exact) mass is 383 g/mol. The van der Waals surface area contributed by atoms with Crippen LogP contribution in [0.15, 0.2) is 47.6 Å². The number of aliphatic carboxylic acids is 1. The molecule has 3 rings (SSSR count). The van der Waals surface area contributed by atoms with Gasteiger partial charge in [0.25, 0.3) is 5.91 Å². The predicted molar refractivity (Wildman–Crippen MR) is 105 cm³/mol. The third kappa shape index (κ3) is 3.75. The predicted octanol–water partition coefficient (Wildman–Crippen LogP) is 2.67. The van der Waals surface area contributed by atoms with Crippen molar-refractivity contribution in [2.45, 2.75) is 19.4 Å². The Bertz CT molecular complexity index is 927. The molecular weight excluding hydrogens is 362 g/mol. The standard InChI is InChI=1S/C20H21N3O5/c1-12-9-17(27-2)18(28-3)11-14(12)21-19(24)15-10-16(20(25)26)23(22-15)13-7-5-4-6-8-13/h4-9,11,16H,10H2,1-3H3,(H,21,24)(H,25,26). The summed E-state index contributed by atoms with van der Waals surface area (Å²) in [4.78, 5) is 24.4. The maximum Gasteiger partial charge on any atom is 0.328 e. The molecule has 2 N–H and O–H groups in total. The molecule has 2 aromatic rings. The van der Waals surface area contributed by atoms with E-state index in [0.29, 0.717) is 22.9 Å². The second kappa shape index (κ2) is 7.99. The number of para-hydroxylation sites is 1. The van der Waals surface area contributed by atoms with E-state index in [1.165, 1.54) is 19.2 Å². The zero-order valence-corrected chi connectivity index (χ0v) is 15.8. The minimum Gasteiger partial charge on any atom is -0.493 e. The molecular formula is C20H21N3O5. The molecule has 0 fully saturated rings. The number of nitrogens with zero attached hydrogens (tertiary/aromatic N) is 2. The van der Waals surface area contributed by atoms with Crippen molar-refractivity contribution in [1.82, 2.24) is 0 Å². The van der Waals surface area contributed by atoms with Gasteiger partial charge in [-0.3, -0.25) is 9.80 Å². The number of rotatable bonds is 6. The van der Waals surface area contributed by atoms with Gasteiger partial charge in [0, 0.05) is 18.2 Å². The number of benzene rings is 2. The largest absolute Gasteiger partial charge is 0.493 e. The number of methoxy groups -OCH3 is 2. The molecule has 0 radical (unpaired) electrons. The fourth-order valence-electron chi connectivity index (χ4n) is 2.97. The molecule has 1 atom stereocenters. The lowest BCUT2D eigenvalue weighted by molar-refractivity contribution is -0.138. The van der Waals surface area contributed by atoms with E-state index in [4.69, 9.17) is 9.47 Å². The fraction of sp³-hybridized carbons (Fsp3) is 0.250. The Morgan fingerprint density at radius 2 is 1.79 bits per heavy atom. The van der Waals surface area contributed by atoms with Gasteiger partial charge in [-0.2, -0.15) is 5.10 Å². The molecule has 0 aromatic heterocycles. The van der Waals surface area contributed by atoms with Crippen LogP contribution in [0.5, 0.6) is 11.5 Å². The highest BCUT2D eigenvalue weighted by atomic mass is 16.5. The van der Waals surface area contributed by atoms with Gasteiger partial charge in [0.15, 0.2) is 17.5 Å². The highest BCUT2D eigenvalue weighted by Crippen LogP contribution is 2.33. The maximum absolute atomic E-state index is 12.7. The first kappa shape index (κ1) is 19.2. The molecule has 8 heteroatoms. The summed E-state index contributed by atoms with van der Waals surface area (Å²) in [5, 5.41) is 17.9. The summed E-state index contributed by atoms with van der Waals surface area (Å²) in [7, 11) is 3.04. The summed E-state index contributed by atoms with van der Waals surface area (Å²) in [6.07, 6.45) is 0.00238. The van der Waals surface area contributed by atoms with E-state index < -0.39 is 17.9 Å². The third-order valence-corrected chi connectivity index (χ3v) is 4.46. The summed E-state index contributed by atoms with van der Waals surface area (Å²) < 4.78 is 10.5. The van der Waals surface area contributed by atoms with Crippen LogP contribution in [0.2, 0.25) is 0 Å². The lowest BCUT2D eigenvalue weighted by atomic mass is 10.1. The molecule has 146 valence electrons. The van der Waals surface area contributed by atoms with Crippen molar-refractivity contribution in [3.05, 3.63) is 48.0 Å². The van der Waals surface area contributed by atoms with Gasteiger partial charge in [0.05, 0.1) is 19.9 Å². The van der Waals surface area contributed by atoms with Crippen molar-refractivity contribution in [1.29, 1.82) is 0 Å². The number of hydrazone groups is 1. The van der Waals surface area contributed by atoms with Crippen LogP contribution in [0, 0.1) is 6.92 Å². The Hall–Kier alpha value is -3.55. The highest BCUT2D eigenvalue weighted by molar-refractivity contribution is 6.44. The molecule has 8 nitrogen and oxygen atoms in total. The van der Waals surface area contributed by atoms with Gasteiger partial charge in [-0.05, 0) is 30.7 Å². The van der Waals surface area contributed by atoms with E-state index in [0.717, 1.165) is 5.56 Å². The minimum absolute atomic E-state index is 0.00238. The van der Waals surface area contributed by atoms with E-state index in [-0.39, 0.29) is 12.1 Å². The van der Waals surface area contributed by atoms with Crippen molar-refractivity contribution in [3.8, 4) is 11.5 Å². The zero-order chi connectivity index (χ0) is 20.3. The van der Waals surface area contributed by atoms with Crippen molar-refractivity contribution < 1.29 is 24.2 Å². The van der Waals surface area contributed by atoms with Gasteiger partial charge < -0.3 is 19.9 Å². The lowest BCUT2D eigenvalue weighted by Crippen LogP contribution is -2.34. The van der Waals surface area contributed by atoms with E-state index in [2.05, 4.69) is 10.4 Å². The number of nitrogens with one attached hydrogen (secondary N) is 1. The van der Waals surface area contributed by atoms with E-state index >= 15 is 0 Å². The van der Waals surface area contributed by atoms with Gasteiger partial charge in [0.1, 0.15) is 5.71 Å². The summed E-state index contributed by atoms with van der Waals surface area (Å²) in [5.74, 6) is -0.471. The Balaban J connectivity index is 1.86. The molecule has 1 unspecified atom stereocenters. The van der Waals surface area contributed by atoms with Gasteiger partial charge >= 0.3 is 5.97 Å². The first-order chi connectivity index (χ1) is 13.4. The first-order valence-electron chi connectivity index (χ1n) is 8.63. The molecule has 1 amide bonds. The molecule has 1 heterocycles. The molecule has 0 saturated heterocycles. The highest BCUT2D eigenvalue weighted by Gasteiger charge is 2.36. The van der Waals surface area contributed by atoms with Crippen LogP contribution in [-0.4, -0.2) is 43.0 Å². The van der Waals surface area contributed by atoms with Crippen LogP contribution in [-0.2, 0) is 9.59 Å². The van der Waals surface area contributed by atoms with Gasteiger partial charge in [0.2, 0.25) is 0 Å². The van der Waals surface area contributed by atoms with Crippen molar-refractivity contribution in [2.75, 3.05) is 24.5 Å². The molecule has 0 saturated carbocycles. The van der Waals surface area contributed by atoms with Gasteiger partial charge in [-0.15, -0.1) is 0 Å². The van der Waals surface area contributed by atoms with Crippen molar-refractivity contribution >= 4 is 29.0 Å². The van der Waals surface area contributed by atoms with Crippen LogP contribution in [0.3, 0.4) is 0 Å². The molecule has 2 aromatic carbocycles. The second-order valence-electron chi connectivity index (χ2n) is 6.26. The molecule has 1 aliphatic heterocycles. The maximum atomic E-state index is 12.7. The number of hydrogen-bond acceptors (Lipinski definition) is 6. The average Bonchev–Trinajstić information content (AvgIpc) is 3.15. The number of carboxylic acids is 1. The number of carbonyl (C=O) groups excluding carboxylic acids is 1. The van der Waals surface area contributed by atoms with E-state index in [1.807, 2.05) is 13.0 Å². The molecule has 0 aliphatic carbocycles. The number of amides is 1. The van der Waals surface area contributed by atoms with Crippen LogP contribution >= 0.6 is 0 Å². The zero-order valence-electron chi connectivity index (χ0n) is 15.8. The Kier molecular flexibility index (Phi) is 5.49. The quantitative estimate of drug-likeness (QED) is 0.795. The summed E-state index contributed by atoms with van der Waals surface area (Å²) in [6, 6.07) is 11.4. The summed E-state index contributed by atoms with van der Waals surface area (Å²) in [5.41, 5.74) is 2.07. The van der Waals surface area contributed by atoms with Crippen LogP contribution < -0.4 is 19.8 Å². The topological polar surface area (TPSA) is 100 Å². The smallest absolute Gasteiger partial charge is 0.328 e. The normalized spacial score (nSPS) is 15.8. The van der Waals surface area contributed by atoms with Gasteiger partial charge in [-0.25, -0.2) is 4.79 Å². The SMILES string of the molecule is COc1cc(C)c(NC(=O)C2=NN(c3ccccc3)C(C(=O)O)C2)cc1OC. The minimum atomic E-state index is -1.04. The van der Waals surface area contributed by atoms with Gasteiger partial charge in [-0.1, -0.05) is 18.2 Å². The number of hydrogen-bond donors (Lipinski definition) is 2. The Morgan fingerprint density at radius 1 is 1.14 bits per heavy atom. The van der Waals surface area contributed by atoms with E-state index in [1.54, 1.807) is 36.4 Å². The van der Waals surface area contributed by atoms with Crippen LogP contribution in [0.4, 0.5) is 11.4 Å². The second-order valence-corrected chi connectivity index (χ2v) is 6.26. The molecule has 0 bridgehead atoms. The molecule has 0 spiro atoms. The fourth-order valence-corrected chi connectivity index (χ4v) is 2.97. The van der Waals surface area contributed by atoms with Crippen molar-refractivity contribution in [3.63, 3.8) is 0 Å². The number of ether oxygens (including phenoxy) is 2. The molecule has 1 aliphatic rings. The summed E-state index contributed by atoms with van der Waals surface area (Å²) >= 11 is 0. The van der Waals surface area contributed by atoms with Crippen LogP contribution in [0.1, 0.15) is 12.0 Å². The Morgan fingerprint density at radius 3 is 2.39 bits per heavy atom. The first-order valence-corrected chi connectivity index (χ1v) is 8.63. The number of anilines is 2. The van der Waals surface area contributed by atoms with Crippen molar-refractivity contribution in [2.24, 2.45) is 5.10 Å². The number of carboxylic acid groups (broad SMARTS) is 1. The third-order valence-electron chi connectivity index (χ3n) is 4.46. The summed E-state index contributed by atoms with van der Waals surface area (Å²) in [6.45, 7) is 1.82. The number of aryl methyl sites for hydroxylation is 1. The van der Waals surface area contributed by atoms with E-state index in [9.17, 15) is 14.7 Å². The molecule has 28 heavy (non-hydrogen) atoms. The van der Waals surface area contributed by atoms with Crippen LogP contribution in [0.25, 0.3) is 0 Å². The average molecular weight is 383 g/mol. The Labute approximate surface area is 162 Å².